The Kier molecular flexibility index (Phi) is 4.37. The zero-order valence-corrected chi connectivity index (χ0v) is 9.13. The number of hydrogen-bond acceptors (Lipinski definition) is 5. The van der Waals surface area contributed by atoms with Gasteiger partial charge < -0.3 is 5.73 Å². The number of halogens is 1. The third-order valence-corrected chi connectivity index (χ3v) is 1.97. The van der Waals surface area contributed by atoms with E-state index < -0.39 is 4.92 Å². The Morgan fingerprint density at radius 2 is 2.35 bits per heavy atom. The maximum atomic E-state index is 10.6. The maximum absolute atomic E-state index is 10.6. The summed E-state index contributed by atoms with van der Waals surface area (Å²) in [4.78, 5) is 9.98. The van der Waals surface area contributed by atoms with Gasteiger partial charge in [0.1, 0.15) is 5.02 Å². The van der Waals surface area contributed by atoms with Crippen LogP contribution in [-0.4, -0.2) is 22.3 Å². The molecule has 8 nitrogen and oxygen atoms in total. The summed E-state index contributed by atoms with van der Waals surface area (Å²) in [7, 11) is 0. The first kappa shape index (κ1) is 12.9. The summed E-state index contributed by atoms with van der Waals surface area (Å²) < 4.78 is 0. The van der Waals surface area contributed by atoms with E-state index in [0.29, 0.717) is 5.56 Å². The van der Waals surface area contributed by atoms with Gasteiger partial charge in [0.25, 0.3) is 5.69 Å². The highest BCUT2D eigenvalue weighted by molar-refractivity contribution is 6.32. The molecule has 0 radical (unpaired) electrons. The minimum atomic E-state index is -0.605. The van der Waals surface area contributed by atoms with Crippen molar-refractivity contribution in [3.05, 3.63) is 38.9 Å². The number of nitro benzene ring substituents is 1. The Balaban J connectivity index is 2.94. The molecule has 0 fully saturated rings. The van der Waals surface area contributed by atoms with Gasteiger partial charge in [0.15, 0.2) is 0 Å². The predicted octanol–water partition coefficient (Wildman–Crippen LogP) is 0.876. The largest absolute Gasteiger partial charge is 0.367 e. The second-order valence-electron chi connectivity index (χ2n) is 2.81. The molecular weight excluding hydrogens is 250 g/mol. The summed E-state index contributed by atoms with van der Waals surface area (Å²) in [5.41, 5.74) is 6.86. The molecule has 0 amide bonds. The molecule has 1 aromatic rings. The van der Waals surface area contributed by atoms with E-state index in [1.165, 1.54) is 24.4 Å². The molecule has 4 N–H and O–H groups in total. The highest BCUT2D eigenvalue weighted by Crippen LogP contribution is 2.24. The normalized spacial score (nSPS) is 11.8. The van der Waals surface area contributed by atoms with Crippen LogP contribution in [0.4, 0.5) is 5.69 Å². The molecule has 0 atom stereocenters. The van der Waals surface area contributed by atoms with Crippen LogP contribution in [0.2, 0.25) is 5.02 Å². The Labute approximate surface area is 101 Å². The summed E-state index contributed by atoms with van der Waals surface area (Å²) in [5, 5.41) is 25.7. The van der Waals surface area contributed by atoms with Crippen LogP contribution in [0.15, 0.2) is 28.4 Å². The van der Waals surface area contributed by atoms with Gasteiger partial charge in [0.05, 0.1) is 11.1 Å². The second kappa shape index (κ2) is 5.77. The SMILES string of the molecule is NC(=N/N=C/c1ccc(Cl)c([N+](=O)[O-])c1)NO. The highest BCUT2D eigenvalue weighted by atomic mass is 35.5. The zero-order chi connectivity index (χ0) is 12.8. The second-order valence-corrected chi connectivity index (χ2v) is 3.22. The zero-order valence-electron chi connectivity index (χ0n) is 8.37. The molecule has 1 rings (SSSR count). The van der Waals surface area contributed by atoms with Crippen LogP contribution in [0.25, 0.3) is 0 Å². The van der Waals surface area contributed by atoms with Gasteiger partial charge in [-0.3, -0.25) is 15.3 Å². The molecule has 0 saturated carbocycles. The van der Waals surface area contributed by atoms with E-state index in [2.05, 4.69) is 10.2 Å². The van der Waals surface area contributed by atoms with Gasteiger partial charge in [-0.2, -0.15) is 5.10 Å². The van der Waals surface area contributed by atoms with Crippen molar-refractivity contribution in [2.45, 2.75) is 0 Å². The fraction of sp³-hybridized carbons (Fsp3) is 0. The number of benzene rings is 1. The standard InChI is InChI=1S/C8H8ClN5O3/c9-6-2-1-5(3-7(6)14(16)17)4-11-12-8(10)13-15/h1-4,15H,(H3,10,12,13)/b11-4+. The number of guanidine groups is 1. The molecule has 1 aromatic carbocycles. The minimum Gasteiger partial charge on any atom is -0.367 e. The fourth-order valence-corrected chi connectivity index (χ4v) is 1.12. The molecule has 0 aliphatic carbocycles. The van der Waals surface area contributed by atoms with Crippen LogP contribution in [0, 0.1) is 10.1 Å². The topological polar surface area (TPSA) is 126 Å². The first-order valence-corrected chi connectivity index (χ1v) is 4.63. The number of rotatable bonds is 3. The van der Waals surface area contributed by atoms with Crippen LogP contribution in [0.1, 0.15) is 5.56 Å². The van der Waals surface area contributed by atoms with E-state index in [4.69, 9.17) is 22.5 Å². The van der Waals surface area contributed by atoms with Crippen LogP contribution in [0.3, 0.4) is 0 Å². The van der Waals surface area contributed by atoms with E-state index in [1.54, 1.807) is 5.48 Å². The van der Waals surface area contributed by atoms with Crippen LogP contribution >= 0.6 is 11.6 Å². The summed E-state index contributed by atoms with van der Waals surface area (Å²) in [6.07, 6.45) is 1.23. The Bertz CT molecular complexity index is 488. The predicted molar refractivity (Wildman–Crippen MR) is 62.2 cm³/mol. The van der Waals surface area contributed by atoms with Gasteiger partial charge in [-0.15, -0.1) is 5.10 Å². The van der Waals surface area contributed by atoms with Crippen molar-refractivity contribution in [3.63, 3.8) is 0 Å². The summed E-state index contributed by atoms with van der Waals surface area (Å²) in [6, 6.07) is 4.14. The molecule has 0 aliphatic rings. The van der Waals surface area contributed by atoms with Crippen molar-refractivity contribution in [2.75, 3.05) is 0 Å². The molecule has 0 saturated heterocycles. The average Bonchev–Trinajstić information content (AvgIpc) is 2.30. The molecule has 0 bridgehead atoms. The van der Waals surface area contributed by atoms with Gasteiger partial charge in [0, 0.05) is 11.6 Å². The molecule has 90 valence electrons. The molecule has 9 heteroatoms. The highest BCUT2D eigenvalue weighted by Gasteiger charge is 2.11. The monoisotopic (exact) mass is 257 g/mol. The van der Waals surface area contributed by atoms with Gasteiger partial charge >= 0.3 is 0 Å². The van der Waals surface area contributed by atoms with Crippen molar-refractivity contribution in [2.24, 2.45) is 15.9 Å². The molecule has 17 heavy (non-hydrogen) atoms. The third-order valence-electron chi connectivity index (χ3n) is 1.65. The molecule has 0 unspecified atom stereocenters. The number of hydroxylamine groups is 1. The number of nitrogens with two attached hydrogens (primary N) is 1. The summed E-state index contributed by atoms with van der Waals surface area (Å²) >= 11 is 5.62. The van der Waals surface area contributed by atoms with Crippen molar-refractivity contribution < 1.29 is 10.1 Å². The van der Waals surface area contributed by atoms with Gasteiger partial charge in [-0.05, 0) is 6.07 Å². The van der Waals surface area contributed by atoms with E-state index in [0.717, 1.165) is 0 Å². The molecule has 0 aliphatic heterocycles. The first-order chi connectivity index (χ1) is 8.04. The van der Waals surface area contributed by atoms with Crippen LogP contribution < -0.4 is 11.2 Å². The van der Waals surface area contributed by atoms with Crippen LogP contribution in [-0.2, 0) is 0 Å². The fourth-order valence-electron chi connectivity index (χ4n) is 0.930. The van der Waals surface area contributed by atoms with E-state index in [9.17, 15) is 10.1 Å². The molecular formula is C8H8ClN5O3. The van der Waals surface area contributed by atoms with Gasteiger partial charge in [-0.1, -0.05) is 17.7 Å². The number of nitrogens with zero attached hydrogens (tertiary/aromatic N) is 3. The minimum absolute atomic E-state index is 0.0344. The quantitative estimate of drug-likeness (QED) is 0.321. The van der Waals surface area contributed by atoms with Crippen molar-refractivity contribution in [1.82, 2.24) is 5.48 Å². The summed E-state index contributed by atoms with van der Waals surface area (Å²) in [5.74, 6) is -0.301. The lowest BCUT2D eigenvalue weighted by atomic mass is 10.2. The van der Waals surface area contributed by atoms with Crippen molar-refractivity contribution >= 4 is 29.5 Å². The van der Waals surface area contributed by atoms with E-state index in [1.807, 2.05) is 0 Å². The molecule has 0 aromatic heterocycles. The third kappa shape index (κ3) is 3.70. The maximum Gasteiger partial charge on any atom is 0.288 e. The lowest BCUT2D eigenvalue weighted by Gasteiger charge is -1.96. The number of nitro groups is 1. The van der Waals surface area contributed by atoms with E-state index >= 15 is 0 Å². The lowest BCUT2D eigenvalue weighted by molar-refractivity contribution is -0.384. The van der Waals surface area contributed by atoms with E-state index in [-0.39, 0.29) is 16.7 Å². The van der Waals surface area contributed by atoms with Gasteiger partial charge in [-0.25, -0.2) is 5.48 Å². The Morgan fingerprint density at radius 1 is 1.65 bits per heavy atom. The molecule has 0 heterocycles. The van der Waals surface area contributed by atoms with Crippen LogP contribution in [0.5, 0.6) is 0 Å². The first-order valence-electron chi connectivity index (χ1n) is 4.25. The van der Waals surface area contributed by atoms with Crippen molar-refractivity contribution in [3.8, 4) is 0 Å². The lowest BCUT2D eigenvalue weighted by Crippen LogP contribution is -2.27. The number of nitrogens with one attached hydrogen (secondary N) is 1. The molecule has 0 spiro atoms. The Morgan fingerprint density at radius 3 is 2.94 bits per heavy atom. The van der Waals surface area contributed by atoms with Gasteiger partial charge in [0.2, 0.25) is 5.96 Å². The Hall–Kier alpha value is -2.19. The average molecular weight is 258 g/mol. The van der Waals surface area contributed by atoms with Crippen molar-refractivity contribution in [1.29, 1.82) is 0 Å². The number of hydrogen-bond donors (Lipinski definition) is 3. The summed E-state index contributed by atoms with van der Waals surface area (Å²) in [6.45, 7) is 0. The smallest absolute Gasteiger partial charge is 0.288 e.